The average molecular weight is 499 g/mol. The van der Waals surface area contributed by atoms with Gasteiger partial charge in [-0.15, -0.1) is 0 Å². The molecule has 1 N–H and O–H groups in total. The van der Waals surface area contributed by atoms with Gasteiger partial charge in [-0.05, 0) is 114 Å². The lowest BCUT2D eigenvalue weighted by atomic mass is 9.83. The maximum absolute atomic E-state index is 14.0. The van der Waals surface area contributed by atoms with Gasteiger partial charge < -0.3 is 15.0 Å². The number of benzene rings is 2. The second-order valence-electron chi connectivity index (χ2n) is 10.0. The van der Waals surface area contributed by atoms with Gasteiger partial charge in [0.15, 0.2) is 5.78 Å². The number of nitrogens with one attached hydrogen (secondary N) is 1. The van der Waals surface area contributed by atoms with E-state index in [0.29, 0.717) is 30.9 Å². The van der Waals surface area contributed by atoms with Crippen LogP contribution in [0.1, 0.15) is 72.6 Å². The number of piperidine rings is 1. The highest BCUT2D eigenvalue weighted by Crippen LogP contribution is 2.29. The van der Waals surface area contributed by atoms with E-state index in [4.69, 9.17) is 4.74 Å². The molecule has 2 aromatic carbocycles. The normalized spacial score (nSPS) is 21.2. The molecule has 36 heavy (non-hydrogen) atoms. The molecule has 1 heterocycles. The molecular formula is C29H36F2N2O3. The Morgan fingerprint density at radius 2 is 1.67 bits per heavy atom. The first kappa shape index (κ1) is 26.3. The Balaban J connectivity index is 1.14. The van der Waals surface area contributed by atoms with Crippen LogP contribution in [0, 0.1) is 23.5 Å². The van der Waals surface area contributed by atoms with E-state index in [-0.39, 0.29) is 29.2 Å². The van der Waals surface area contributed by atoms with Crippen molar-refractivity contribution in [2.24, 2.45) is 11.8 Å². The van der Waals surface area contributed by atoms with Gasteiger partial charge in [-0.1, -0.05) is 0 Å². The molecule has 7 heteroatoms. The zero-order valence-corrected chi connectivity index (χ0v) is 21.0. The number of amides is 1. The predicted molar refractivity (Wildman–Crippen MR) is 135 cm³/mol. The molecule has 0 spiro atoms. The maximum Gasteiger partial charge on any atom is 0.251 e. The lowest BCUT2D eigenvalue weighted by Crippen LogP contribution is -2.39. The smallest absolute Gasteiger partial charge is 0.251 e. The highest BCUT2D eigenvalue weighted by atomic mass is 19.1. The molecule has 0 bridgehead atoms. The van der Waals surface area contributed by atoms with Crippen LogP contribution in [0.5, 0.6) is 5.75 Å². The second kappa shape index (κ2) is 12.4. The van der Waals surface area contributed by atoms with Crippen LogP contribution >= 0.6 is 0 Å². The van der Waals surface area contributed by atoms with Crippen molar-refractivity contribution >= 4 is 11.7 Å². The quantitative estimate of drug-likeness (QED) is 0.455. The zero-order chi connectivity index (χ0) is 25.5. The number of ether oxygens (including phenoxy) is 1. The van der Waals surface area contributed by atoms with Crippen LogP contribution in [0.15, 0.2) is 42.5 Å². The summed E-state index contributed by atoms with van der Waals surface area (Å²) in [7, 11) is 0. The van der Waals surface area contributed by atoms with Crippen molar-refractivity contribution in [2.75, 3.05) is 26.2 Å². The summed E-state index contributed by atoms with van der Waals surface area (Å²) in [5, 5.41) is 3.18. The predicted octanol–water partition coefficient (Wildman–Crippen LogP) is 5.64. The minimum Gasteiger partial charge on any atom is -0.494 e. The van der Waals surface area contributed by atoms with Crippen molar-refractivity contribution in [1.29, 1.82) is 0 Å². The van der Waals surface area contributed by atoms with Crippen LogP contribution in [-0.2, 0) is 0 Å². The summed E-state index contributed by atoms with van der Waals surface area (Å²) in [6, 6.07) is 10.7. The number of carbonyl (C=O) groups excluding carboxylic acids is 2. The number of halogens is 2. The summed E-state index contributed by atoms with van der Waals surface area (Å²) >= 11 is 0. The molecule has 1 saturated carbocycles. The number of carbonyl (C=O) groups is 2. The molecule has 0 radical (unpaired) electrons. The Bertz CT molecular complexity index is 1030. The van der Waals surface area contributed by atoms with Crippen molar-refractivity contribution in [2.45, 2.75) is 57.9 Å². The molecule has 0 atom stereocenters. The molecule has 0 unspecified atom stereocenters. The van der Waals surface area contributed by atoms with Crippen LogP contribution in [0.3, 0.4) is 0 Å². The number of hydrogen-bond donors (Lipinski definition) is 1. The van der Waals surface area contributed by atoms with Crippen LogP contribution in [0.2, 0.25) is 0 Å². The third-order valence-electron chi connectivity index (χ3n) is 7.62. The van der Waals surface area contributed by atoms with E-state index in [1.165, 1.54) is 6.07 Å². The fourth-order valence-electron chi connectivity index (χ4n) is 5.43. The lowest BCUT2D eigenvalue weighted by molar-refractivity contribution is 0.0828. The first-order valence-electron chi connectivity index (χ1n) is 13.2. The Hall–Kier alpha value is -2.80. The summed E-state index contributed by atoms with van der Waals surface area (Å²) in [6.45, 7) is 5.19. The Morgan fingerprint density at radius 1 is 0.972 bits per heavy atom. The van der Waals surface area contributed by atoms with Gasteiger partial charge in [0.05, 0.1) is 12.2 Å². The Morgan fingerprint density at radius 3 is 2.31 bits per heavy atom. The minimum absolute atomic E-state index is 0.00113. The van der Waals surface area contributed by atoms with Crippen molar-refractivity contribution in [3.05, 3.63) is 65.2 Å². The summed E-state index contributed by atoms with van der Waals surface area (Å²) in [5.41, 5.74) is 0.658. The third-order valence-corrected chi connectivity index (χ3v) is 7.62. The molecule has 5 nitrogen and oxygen atoms in total. The number of ketones is 1. The third kappa shape index (κ3) is 6.90. The molecule has 1 amide bonds. The van der Waals surface area contributed by atoms with E-state index in [0.717, 1.165) is 69.6 Å². The van der Waals surface area contributed by atoms with Gasteiger partial charge in [0.1, 0.15) is 17.4 Å². The van der Waals surface area contributed by atoms with Crippen molar-refractivity contribution in [1.82, 2.24) is 10.2 Å². The van der Waals surface area contributed by atoms with E-state index in [2.05, 4.69) is 10.2 Å². The first-order valence-corrected chi connectivity index (χ1v) is 13.2. The molecule has 1 aliphatic carbocycles. The van der Waals surface area contributed by atoms with Gasteiger partial charge in [0.25, 0.3) is 5.91 Å². The number of nitrogens with zero attached hydrogens (tertiary/aromatic N) is 1. The van der Waals surface area contributed by atoms with Crippen molar-refractivity contribution in [3.63, 3.8) is 0 Å². The Kier molecular flexibility index (Phi) is 9.08. The standard InChI is InChI=1S/C29H36F2N2O3/c1-2-36-25-10-5-22(6-11-25)29(35)32-24-8-3-20(4-9-24)13-16-33-17-14-21(15-18-33)28(34)26-12-7-23(30)19-27(26)31/h5-7,10-12,19-21,24H,2-4,8-9,13-18H2,1H3,(H,32,35). The summed E-state index contributed by atoms with van der Waals surface area (Å²) < 4.78 is 32.6. The molecule has 194 valence electrons. The number of likely N-dealkylation sites (tertiary alicyclic amines) is 1. The molecular weight excluding hydrogens is 462 g/mol. The largest absolute Gasteiger partial charge is 0.494 e. The van der Waals surface area contributed by atoms with Gasteiger partial charge in [0, 0.05) is 23.6 Å². The van der Waals surface area contributed by atoms with Crippen molar-refractivity contribution in [3.8, 4) is 5.75 Å². The molecule has 2 fully saturated rings. The van der Waals surface area contributed by atoms with Gasteiger partial charge in [-0.3, -0.25) is 9.59 Å². The summed E-state index contributed by atoms with van der Waals surface area (Å²) in [4.78, 5) is 27.6. The molecule has 4 rings (SSSR count). The highest BCUT2D eigenvalue weighted by Gasteiger charge is 2.28. The monoisotopic (exact) mass is 498 g/mol. The lowest BCUT2D eigenvalue weighted by Gasteiger charge is -2.34. The van der Waals surface area contributed by atoms with E-state index in [9.17, 15) is 18.4 Å². The minimum atomic E-state index is -0.770. The highest BCUT2D eigenvalue weighted by molar-refractivity contribution is 5.98. The molecule has 0 aromatic heterocycles. The van der Waals surface area contributed by atoms with E-state index >= 15 is 0 Å². The van der Waals surface area contributed by atoms with Gasteiger partial charge in [0.2, 0.25) is 0 Å². The van der Waals surface area contributed by atoms with Crippen LogP contribution in [0.4, 0.5) is 8.78 Å². The van der Waals surface area contributed by atoms with Gasteiger partial charge in [-0.2, -0.15) is 0 Å². The zero-order valence-electron chi connectivity index (χ0n) is 21.0. The van der Waals surface area contributed by atoms with Gasteiger partial charge in [-0.25, -0.2) is 8.78 Å². The molecule has 1 saturated heterocycles. The fraction of sp³-hybridized carbons (Fsp3) is 0.517. The van der Waals surface area contributed by atoms with E-state index in [1.807, 2.05) is 19.1 Å². The first-order chi connectivity index (χ1) is 17.4. The average Bonchev–Trinajstić information content (AvgIpc) is 2.89. The van der Waals surface area contributed by atoms with Crippen LogP contribution < -0.4 is 10.1 Å². The second-order valence-corrected chi connectivity index (χ2v) is 10.0. The number of rotatable bonds is 9. The molecule has 1 aliphatic heterocycles. The van der Waals surface area contributed by atoms with Crippen molar-refractivity contribution < 1.29 is 23.1 Å². The summed E-state index contributed by atoms with van der Waals surface area (Å²) in [5.74, 6) is -0.451. The SMILES string of the molecule is CCOc1ccc(C(=O)NC2CCC(CCN3CCC(C(=O)c4ccc(F)cc4F)CC3)CC2)cc1. The number of hydrogen-bond acceptors (Lipinski definition) is 4. The van der Waals surface area contributed by atoms with E-state index in [1.54, 1.807) is 12.1 Å². The topological polar surface area (TPSA) is 58.6 Å². The van der Waals surface area contributed by atoms with Crippen LogP contribution in [0.25, 0.3) is 0 Å². The molecule has 2 aliphatic rings. The van der Waals surface area contributed by atoms with Crippen LogP contribution in [-0.4, -0.2) is 48.9 Å². The Labute approximate surface area is 212 Å². The number of Topliss-reactive ketones (excluding diaryl/α,β-unsaturated/α-hetero) is 1. The van der Waals surface area contributed by atoms with E-state index < -0.39 is 11.6 Å². The van der Waals surface area contributed by atoms with Gasteiger partial charge >= 0.3 is 0 Å². The summed E-state index contributed by atoms with van der Waals surface area (Å²) in [6.07, 6.45) is 6.73. The maximum atomic E-state index is 14.0. The fourth-order valence-corrected chi connectivity index (χ4v) is 5.43. The molecule has 2 aromatic rings.